The summed E-state index contributed by atoms with van der Waals surface area (Å²) < 4.78 is 0. The van der Waals surface area contributed by atoms with Crippen LogP contribution < -0.4 is 5.32 Å². The van der Waals surface area contributed by atoms with E-state index in [1.165, 1.54) is 5.57 Å². The van der Waals surface area contributed by atoms with Crippen molar-refractivity contribution in [2.75, 3.05) is 13.1 Å². The van der Waals surface area contributed by atoms with Gasteiger partial charge in [-0.15, -0.1) is 0 Å². The maximum absolute atomic E-state index is 9.93. The Hall–Kier alpha value is -0.340. The van der Waals surface area contributed by atoms with Gasteiger partial charge < -0.3 is 10.4 Å². The lowest BCUT2D eigenvalue weighted by atomic mass is 9.99. The topological polar surface area (TPSA) is 32.3 Å². The van der Waals surface area contributed by atoms with E-state index in [0.29, 0.717) is 5.92 Å². The molecule has 1 atom stereocenters. The molecule has 0 aromatic heterocycles. The van der Waals surface area contributed by atoms with Gasteiger partial charge in [0.25, 0.3) is 0 Å². The Labute approximate surface area is 88.4 Å². The van der Waals surface area contributed by atoms with Gasteiger partial charge >= 0.3 is 0 Å². The molecule has 0 rings (SSSR count). The molecule has 84 valence electrons. The molecular formula is C12H25NO. The van der Waals surface area contributed by atoms with E-state index in [1.54, 1.807) is 0 Å². The van der Waals surface area contributed by atoms with Crippen molar-refractivity contribution in [1.82, 2.24) is 5.32 Å². The first-order valence-electron chi connectivity index (χ1n) is 5.42. The molecule has 0 radical (unpaired) electrons. The van der Waals surface area contributed by atoms with E-state index in [1.807, 2.05) is 26.8 Å². The maximum atomic E-state index is 9.93. The number of rotatable bonds is 6. The summed E-state index contributed by atoms with van der Waals surface area (Å²) in [6.07, 6.45) is 2.69. The molecule has 1 unspecified atom stereocenters. The zero-order chi connectivity index (χ0) is 11.2. The SMILES string of the molecule is CC(C)=CC(C)(O)CCNCC(C)C. The quantitative estimate of drug-likeness (QED) is 0.508. The van der Waals surface area contributed by atoms with Crippen molar-refractivity contribution < 1.29 is 5.11 Å². The molecule has 0 heterocycles. The van der Waals surface area contributed by atoms with Crippen molar-refractivity contribution in [2.24, 2.45) is 5.92 Å². The molecule has 0 aliphatic carbocycles. The Morgan fingerprint density at radius 3 is 2.43 bits per heavy atom. The predicted molar refractivity (Wildman–Crippen MR) is 62.4 cm³/mol. The lowest BCUT2D eigenvalue weighted by Crippen LogP contribution is -2.30. The number of hydrogen-bond donors (Lipinski definition) is 2. The Morgan fingerprint density at radius 2 is 2.00 bits per heavy atom. The average molecular weight is 199 g/mol. The van der Waals surface area contributed by atoms with Gasteiger partial charge in [0.15, 0.2) is 0 Å². The second kappa shape index (κ2) is 6.20. The monoisotopic (exact) mass is 199 g/mol. The fraction of sp³-hybridized carbons (Fsp3) is 0.833. The zero-order valence-corrected chi connectivity index (χ0v) is 10.2. The number of aliphatic hydroxyl groups is 1. The molecule has 0 saturated heterocycles. The van der Waals surface area contributed by atoms with Gasteiger partial charge in [0, 0.05) is 0 Å². The number of hydrogen-bond acceptors (Lipinski definition) is 2. The lowest BCUT2D eigenvalue weighted by molar-refractivity contribution is 0.101. The number of nitrogens with one attached hydrogen (secondary N) is 1. The molecule has 0 aliphatic heterocycles. The normalized spacial score (nSPS) is 15.4. The van der Waals surface area contributed by atoms with Gasteiger partial charge in [-0.3, -0.25) is 0 Å². The Bertz CT molecular complexity index is 179. The first kappa shape index (κ1) is 13.7. The molecule has 2 heteroatoms. The highest BCUT2D eigenvalue weighted by atomic mass is 16.3. The first-order valence-corrected chi connectivity index (χ1v) is 5.42. The Morgan fingerprint density at radius 1 is 1.43 bits per heavy atom. The highest BCUT2D eigenvalue weighted by Crippen LogP contribution is 2.12. The van der Waals surface area contributed by atoms with E-state index in [9.17, 15) is 5.11 Å². The minimum absolute atomic E-state index is 0.664. The van der Waals surface area contributed by atoms with Gasteiger partial charge in [-0.05, 0) is 46.2 Å². The molecular weight excluding hydrogens is 174 g/mol. The fourth-order valence-corrected chi connectivity index (χ4v) is 1.43. The van der Waals surface area contributed by atoms with Crippen molar-refractivity contribution in [3.63, 3.8) is 0 Å². The first-order chi connectivity index (χ1) is 6.33. The van der Waals surface area contributed by atoms with Crippen LogP contribution in [-0.2, 0) is 0 Å². The van der Waals surface area contributed by atoms with Crippen molar-refractivity contribution in [2.45, 2.75) is 46.6 Å². The van der Waals surface area contributed by atoms with Crippen molar-refractivity contribution in [1.29, 1.82) is 0 Å². The van der Waals surface area contributed by atoms with Gasteiger partial charge in [0.1, 0.15) is 0 Å². The molecule has 0 spiro atoms. The van der Waals surface area contributed by atoms with E-state index in [4.69, 9.17) is 0 Å². The molecule has 14 heavy (non-hydrogen) atoms. The van der Waals surface area contributed by atoms with Crippen LogP contribution in [0.3, 0.4) is 0 Å². The summed E-state index contributed by atoms with van der Waals surface area (Å²) in [5, 5.41) is 13.3. The van der Waals surface area contributed by atoms with Crippen LogP contribution >= 0.6 is 0 Å². The van der Waals surface area contributed by atoms with Crippen LogP contribution in [0.2, 0.25) is 0 Å². The van der Waals surface area contributed by atoms with E-state index in [2.05, 4.69) is 19.2 Å². The largest absolute Gasteiger partial charge is 0.386 e. The lowest BCUT2D eigenvalue weighted by Gasteiger charge is -2.20. The van der Waals surface area contributed by atoms with Crippen molar-refractivity contribution in [3.05, 3.63) is 11.6 Å². The van der Waals surface area contributed by atoms with E-state index in [0.717, 1.165) is 19.5 Å². The molecule has 0 amide bonds. The van der Waals surface area contributed by atoms with Crippen LogP contribution in [0.1, 0.15) is 41.0 Å². The summed E-state index contributed by atoms with van der Waals surface area (Å²) in [7, 11) is 0. The zero-order valence-electron chi connectivity index (χ0n) is 10.2. The summed E-state index contributed by atoms with van der Waals surface area (Å²) in [5.41, 5.74) is 0.502. The standard InChI is InChI=1S/C12H25NO/c1-10(2)8-12(5,14)6-7-13-9-11(3)4/h8,11,13-14H,6-7,9H2,1-5H3. The Kier molecular flexibility index (Phi) is 6.05. The molecule has 0 aliphatic rings. The van der Waals surface area contributed by atoms with Crippen LogP contribution in [0.4, 0.5) is 0 Å². The highest BCUT2D eigenvalue weighted by Gasteiger charge is 2.15. The summed E-state index contributed by atoms with van der Waals surface area (Å²) in [6.45, 7) is 12.1. The predicted octanol–water partition coefficient (Wildman–Crippen LogP) is 2.34. The highest BCUT2D eigenvalue weighted by molar-refractivity contribution is 5.04. The summed E-state index contributed by atoms with van der Waals surface area (Å²) in [5.74, 6) is 0.670. The minimum Gasteiger partial charge on any atom is -0.386 e. The molecule has 0 aromatic rings. The maximum Gasteiger partial charge on any atom is 0.0814 e. The number of allylic oxidation sites excluding steroid dienone is 1. The fourth-order valence-electron chi connectivity index (χ4n) is 1.43. The second-order valence-electron chi connectivity index (χ2n) is 4.93. The molecule has 2 N–H and O–H groups in total. The van der Waals surface area contributed by atoms with Gasteiger partial charge in [0.05, 0.1) is 5.60 Å². The smallest absolute Gasteiger partial charge is 0.0814 e. The van der Waals surface area contributed by atoms with Gasteiger partial charge in [-0.2, -0.15) is 0 Å². The van der Waals surface area contributed by atoms with E-state index in [-0.39, 0.29) is 0 Å². The molecule has 2 nitrogen and oxygen atoms in total. The van der Waals surface area contributed by atoms with Gasteiger partial charge in [-0.25, -0.2) is 0 Å². The van der Waals surface area contributed by atoms with Crippen molar-refractivity contribution >= 4 is 0 Å². The molecule has 0 fully saturated rings. The van der Waals surface area contributed by atoms with Crippen LogP contribution in [0, 0.1) is 5.92 Å². The summed E-state index contributed by atoms with van der Waals surface area (Å²) in [4.78, 5) is 0. The van der Waals surface area contributed by atoms with Crippen LogP contribution in [0.25, 0.3) is 0 Å². The molecule has 0 aromatic carbocycles. The third-order valence-electron chi connectivity index (χ3n) is 1.96. The Balaban J connectivity index is 3.72. The molecule has 0 saturated carbocycles. The van der Waals surface area contributed by atoms with Crippen LogP contribution in [0.15, 0.2) is 11.6 Å². The van der Waals surface area contributed by atoms with Crippen LogP contribution in [0.5, 0.6) is 0 Å². The summed E-state index contributed by atoms with van der Waals surface area (Å²) in [6, 6.07) is 0. The second-order valence-corrected chi connectivity index (χ2v) is 4.93. The van der Waals surface area contributed by atoms with Gasteiger partial charge in [0.2, 0.25) is 0 Å². The summed E-state index contributed by atoms with van der Waals surface area (Å²) >= 11 is 0. The minimum atomic E-state index is -0.664. The van der Waals surface area contributed by atoms with Crippen molar-refractivity contribution in [3.8, 4) is 0 Å². The van der Waals surface area contributed by atoms with Crippen LogP contribution in [-0.4, -0.2) is 23.8 Å². The molecule has 0 bridgehead atoms. The third-order valence-corrected chi connectivity index (χ3v) is 1.96. The average Bonchev–Trinajstić information content (AvgIpc) is 1.95. The van der Waals surface area contributed by atoms with E-state index >= 15 is 0 Å². The third kappa shape index (κ3) is 8.27. The van der Waals surface area contributed by atoms with Gasteiger partial charge in [-0.1, -0.05) is 25.5 Å². The van der Waals surface area contributed by atoms with E-state index < -0.39 is 5.60 Å².